The molecular weight excluding hydrogens is 406 g/mol. The molecule has 1 heterocycles. The average Bonchev–Trinajstić information content (AvgIpc) is 3.11. The fourth-order valence-electron chi connectivity index (χ4n) is 3.20. The Hall–Kier alpha value is -1.57. The summed E-state index contributed by atoms with van der Waals surface area (Å²) < 4.78 is 39.3. The molecule has 1 aliphatic heterocycles. The lowest BCUT2D eigenvalue weighted by molar-refractivity contribution is 0.361. The maximum absolute atomic E-state index is 13.1. The maximum atomic E-state index is 13.1. The summed E-state index contributed by atoms with van der Waals surface area (Å²) in [5.74, 6) is 1.32. The minimum atomic E-state index is -3.58. The third-order valence-electron chi connectivity index (χ3n) is 4.41. The molecule has 2 aromatic carbocycles. The monoisotopic (exact) mass is 425 g/mol. The van der Waals surface area contributed by atoms with Gasteiger partial charge >= 0.3 is 0 Å². The zero-order valence-corrected chi connectivity index (χ0v) is 16.5. The predicted molar refractivity (Wildman–Crippen MR) is 99.6 cm³/mol. The molecule has 25 heavy (non-hydrogen) atoms. The first kappa shape index (κ1) is 18.2. The first-order valence-electron chi connectivity index (χ1n) is 7.96. The number of sulfonamides is 1. The van der Waals surface area contributed by atoms with Gasteiger partial charge < -0.3 is 9.47 Å². The van der Waals surface area contributed by atoms with Gasteiger partial charge in [0.2, 0.25) is 10.0 Å². The van der Waals surface area contributed by atoms with Crippen molar-refractivity contribution in [2.75, 3.05) is 20.8 Å². The molecule has 0 bridgehead atoms. The van der Waals surface area contributed by atoms with Crippen LogP contribution in [0.25, 0.3) is 0 Å². The van der Waals surface area contributed by atoms with Crippen LogP contribution in [-0.2, 0) is 10.0 Å². The Balaban J connectivity index is 2.01. The fraction of sp³-hybridized carbons (Fsp3) is 0.333. The Morgan fingerprint density at radius 3 is 2.60 bits per heavy atom. The van der Waals surface area contributed by atoms with E-state index in [1.165, 1.54) is 0 Å². The zero-order chi connectivity index (χ0) is 18.0. The lowest BCUT2D eigenvalue weighted by Crippen LogP contribution is -2.30. The second-order valence-electron chi connectivity index (χ2n) is 5.84. The Kier molecular flexibility index (Phi) is 5.36. The molecule has 134 valence electrons. The fourth-order valence-corrected chi connectivity index (χ4v) is 5.47. The van der Waals surface area contributed by atoms with Gasteiger partial charge in [0.1, 0.15) is 11.5 Å². The van der Waals surface area contributed by atoms with E-state index in [0.29, 0.717) is 22.9 Å². The van der Waals surface area contributed by atoms with Gasteiger partial charge in [0.25, 0.3) is 0 Å². The molecule has 1 fully saturated rings. The lowest BCUT2D eigenvalue weighted by atomic mass is 10.0. The molecule has 7 heteroatoms. The standard InChI is InChI=1S/C18H20BrNO4S/c1-23-14-8-9-16(18(12-14)24-2)17-7-4-10-20(17)25(21,22)15-6-3-5-13(19)11-15/h3,5-6,8-9,11-12,17H,4,7,10H2,1-2H3/t17-/m0/s1. The van der Waals surface area contributed by atoms with Crippen LogP contribution >= 0.6 is 15.9 Å². The molecule has 2 aromatic rings. The van der Waals surface area contributed by atoms with E-state index in [2.05, 4.69) is 15.9 Å². The molecule has 1 saturated heterocycles. The normalized spacial score (nSPS) is 18.3. The Morgan fingerprint density at radius 1 is 1.12 bits per heavy atom. The van der Waals surface area contributed by atoms with Gasteiger partial charge in [-0.3, -0.25) is 0 Å². The van der Waals surface area contributed by atoms with Gasteiger partial charge in [-0.2, -0.15) is 4.31 Å². The van der Waals surface area contributed by atoms with Crippen LogP contribution in [0, 0.1) is 0 Å². The molecule has 0 spiro atoms. The van der Waals surface area contributed by atoms with Crippen LogP contribution in [0.15, 0.2) is 51.8 Å². The lowest BCUT2D eigenvalue weighted by Gasteiger charge is -2.26. The predicted octanol–water partition coefficient (Wildman–Crippen LogP) is 3.99. The Labute approximate surface area is 156 Å². The maximum Gasteiger partial charge on any atom is 0.243 e. The van der Waals surface area contributed by atoms with Crippen LogP contribution in [-0.4, -0.2) is 33.5 Å². The van der Waals surface area contributed by atoms with Crippen LogP contribution in [0.4, 0.5) is 0 Å². The van der Waals surface area contributed by atoms with Crippen molar-refractivity contribution < 1.29 is 17.9 Å². The molecule has 1 atom stereocenters. The summed E-state index contributed by atoms with van der Waals surface area (Å²) in [6.45, 7) is 0.495. The van der Waals surface area contributed by atoms with Gasteiger partial charge in [0.15, 0.2) is 0 Å². The smallest absolute Gasteiger partial charge is 0.243 e. The molecule has 0 radical (unpaired) electrons. The number of methoxy groups -OCH3 is 2. The van der Waals surface area contributed by atoms with Crippen molar-refractivity contribution in [2.45, 2.75) is 23.8 Å². The van der Waals surface area contributed by atoms with Crippen LogP contribution in [0.1, 0.15) is 24.4 Å². The SMILES string of the molecule is COc1ccc([C@@H]2CCCN2S(=O)(=O)c2cccc(Br)c2)c(OC)c1. The molecule has 0 N–H and O–H groups in total. The van der Waals surface area contributed by atoms with Gasteiger partial charge in [-0.15, -0.1) is 0 Å². The number of hydrogen-bond donors (Lipinski definition) is 0. The van der Waals surface area contributed by atoms with Crippen molar-refractivity contribution in [1.29, 1.82) is 0 Å². The summed E-state index contributed by atoms with van der Waals surface area (Å²) in [6, 6.07) is 12.1. The summed E-state index contributed by atoms with van der Waals surface area (Å²) in [7, 11) is -0.408. The summed E-state index contributed by atoms with van der Waals surface area (Å²) in [5, 5.41) is 0. The second-order valence-corrected chi connectivity index (χ2v) is 8.65. The Morgan fingerprint density at radius 2 is 1.92 bits per heavy atom. The van der Waals surface area contributed by atoms with E-state index in [9.17, 15) is 8.42 Å². The highest BCUT2D eigenvalue weighted by Crippen LogP contribution is 2.41. The zero-order valence-electron chi connectivity index (χ0n) is 14.1. The molecule has 0 saturated carbocycles. The van der Waals surface area contributed by atoms with Crippen molar-refractivity contribution in [3.8, 4) is 11.5 Å². The third-order valence-corrected chi connectivity index (χ3v) is 6.80. The van der Waals surface area contributed by atoms with Crippen molar-refractivity contribution >= 4 is 26.0 Å². The van der Waals surface area contributed by atoms with Gasteiger partial charge in [-0.05, 0) is 37.1 Å². The van der Waals surface area contributed by atoms with Crippen molar-refractivity contribution in [1.82, 2.24) is 4.31 Å². The molecule has 1 aliphatic rings. The van der Waals surface area contributed by atoms with E-state index >= 15 is 0 Å². The largest absolute Gasteiger partial charge is 0.497 e. The number of benzene rings is 2. The first-order chi connectivity index (χ1) is 12.0. The number of ether oxygens (including phenoxy) is 2. The molecule has 5 nitrogen and oxygen atoms in total. The van der Waals surface area contributed by atoms with E-state index in [1.807, 2.05) is 18.2 Å². The van der Waals surface area contributed by atoms with E-state index < -0.39 is 10.0 Å². The van der Waals surface area contributed by atoms with Gasteiger partial charge in [0, 0.05) is 22.6 Å². The summed E-state index contributed by atoms with van der Waals surface area (Å²) in [5.41, 5.74) is 0.861. The van der Waals surface area contributed by atoms with E-state index in [4.69, 9.17) is 9.47 Å². The molecule has 0 aliphatic carbocycles. The summed E-state index contributed by atoms with van der Waals surface area (Å²) >= 11 is 3.35. The minimum Gasteiger partial charge on any atom is -0.497 e. The average molecular weight is 426 g/mol. The van der Waals surface area contributed by atoms with Gasteiger partial charge in [-0.25, -0.2) is 8.42 Å². The van der Waals surface area contributed by atoms with E-state index in [1.54, 1.807) is 42.8 Å². The molecule has 0 unspecified atom stereocenters. The first-order valence-corrected chi connectivity index (χ1v) is 10.2. The van der Waals surface area contributed by atoms with Crippen LogP contribution in [0.3, 0.4) is 0 Å². The third kappa shape index (κ3) is 3.54. The second kappa shape index (κ2) is 7.35. The minimum absolute atomic E-state index is 0.246. The number of nitrogens with zero attached hydrogens (tertiary/aromatic N) is 1. The molecular formula is C18H20BrNO4S. The van der Waals surface area contributed by atoms with Crippen molar-refractivity contribution in [3.63, 3.8) is 0 Å². The Bertz CT molecular complexity index is 869. The summed E-state index contributed by atoms with van der Waals surface area (Å²) in [4.78, 5) is 0.293. The van der Waals surface area contributed by atoms with E-state index in [-0.39, 0.29) is 6.04 Å². The van der Waals surface area contributed by atoms with Crippen LogP contribution < -0.4 is 9.47 Å². The van der Waals surface area contributed by atoms with E-state index in [0.717, 1.165) is 22.9 Å². The van der Waals surface area contributed by atoms with Crippen LogP contribution in [0.5, 0.6) is 11.5 Å². The highest BCUT2D eigenvalue weighted by Gasteiger charge is 2.37. The molecule has 0 aromatic heterocycles. The molecule has 0 amide bonds. The number of hydrogen-bond acceptors (Lipinski definition) is 4. The highest BCUT2D eigenvalue weighted by molar-refractivity contribution is 9.10. The van der Waals surface area contributed by atoms with Crippen LogP contribution in [0.2, 0.25) is 0 Å². The number of rotatable bonds is 5. The quantitative estimate of drug-likeness (QED) is 0.726. The topological polar surface area (TPSA) is 55.8 Å². The van der Waals surface area contributed by atoms with Gasteiger partial charge in [-0.1, -0.05) is 28.1 Å². The highest BCUT2D eigenvalue weighted by atomic mass is 79.9. The number of halogens is 1. The van der Waals surface area contributed by atoms with Gasteiger partial charge in [0.05, 0.1) is 25.2 Å². The molecule has 3 rings (SSSR count). The summed E-state index contributed by atoms with van der Waals surface area (Å²) in [6.07, 6.45) is 1.57. The van der Waals surface area contributed by atoms with Crippen molar-refractivity contribution in [3.05, 3.63) is 52.5 Å². The van der Waals surface area contributed by atoms with Crippen molar-refractivity contribution in [2.24, 2.45) is 0 Å².